The van der Waals surface area contributed by atoms with Crippen LogP contribution < -0.4 is 0 Å². The van der Waals surface area contributed by atoms with E-state index < -0.39 is 0 Å². The highest BCUT2D eigenvalue weighted by Crippen LogP contribution is 2.29. The van der Waals surface area contributed by atoms with E-state index in [0.29, 0.717) is 6.04 Å². The summed E-state index contributed by atoms with van der Waals surface area (Å²) >= 11 is 0. The highest BCUT2D eigenvalue weighted by atomic mass is 15.2. The third-order valence-corrected chi connectivity index (χ3v) is 3.93. The fourth-order valence-corrected chi connectivity index (χ4v) is 2.99. The van der Waals surface area contributed by atoms with Crippen LogP contribution in [0.25, 0.3) is 0 Å². The van der Waals surface area contributed by atoms with E-state index in [1.807, 2.05) is 6.21 Å². The molecule has 15 heavy (non-hydrogen) atoms. The van der Waals surface area contributed by atoms with Gasteiger partial charge in [0.25, 0.3) is 0 Å². The second kappa shape index (κ2) is 4.05. The third-order valence-electron chi connectivity index (χ3n) is 3.93. The zero-order chi connectivity index (χ0) is 10.1. The molecule has 3 nitrogen and oxygen atoms in total. The van der Waals surface area contributed by atoms with E-state index in [-0.39, 0.29) is 0 Å². The van der Waals surface area contributed by atoms with Crippen LogP contribution in [0.15, 0.2) is 9.98 Å². The second-order valence-corrected chi connectivity index (χ2v) is 4.96. The standard InChI is InChI=1S/C12H19N3/c1-2-11(8-13-5-1)14-12-9-15-6-3-10(12)4-7-15/h5,10,12H,1-4,6-9H2. The third kappa shape index (κ3) is 1.98. The molecule has 0 spiro atoms. The van der Waals surface area contributed by atoms with Gasteiger partial charge in [-0.3, -0.25) is 9.98 Å². The molecule has 1 atom stereocenters. The van der Waals surface area contributed by atoms with Gasteiger partial charge in [0, 0.05) is 12.3 Å². The molecule has 4 aliphatic rings. The summed E-state index contributed by atoms with van der Waals surface area (Å²) in [6.45, 7) is 4.69. The number of rotatable bonds is 1. The van der Waals surface area contributed by atoms with E-state index in [0.717, 1.165) is 25.3 Å². The summed E-state index contributed by atoms with van der Waals surface area (Å²) in [5.74, 6) is 0.869. The van der Waals surface area contributed by atoms with Crippen molar-refractivity contribution in [2.24, 2.45) is 15.9 Å². The summed E-state index contributed by atoms with van der Waals surface area (Å²) in [4.78, 5) is 11.8. The zero-order valence-electron chi connectivity index (χ0n) is 9.23. The first-order valence-corrected chi connectivity index (χ1v) is 6.18. The Hall–Kier alpha value is -0.700. The Kier molecular flexibility index (Phi) is 2.57. The number of hydrogen-bond donors (Lipinski definition) is 0. The van der Waals surface area contributed by atoms with Crippen molar-refractivity contribution in [3.63, 3.8) is 0 Å². The molecule has 0 N–H and O–H groups in total. The van der Waals surface area contributed by atoms with Crippen LogP contribution in [0.3, 0.4) is 0 Å². The molecule has 0 aromatic heterocycles. The molecule has 0 saturated carbocycles. The van der Waals surface area contributed by atoms with Crippen molar-refractivity contribution >= 4 is 11.9 Å². The first kappa shape index (κ1) is 9.52. The van der Waals surface area contributed by atoms with Crippen LogP contribution in [-0.4, -0.2) is 49.0 Å². The molecule has 0 aliphatic carbocycles. The average molecular weight is 205 g/mol. The SMILES string of the molecule is C1=NCC(=NC2CN3CCC2CC3)CC1. The smallest absolute Gasteiger partial charge is 0.0764 e. The normalized spacial score (nSPS) is 42.4. The van der Waals surface area contributed by atoms with Crippen LogP contribution >= 0.6 is 0 Å². The monoisotopic (exact) mass is 205 g/mol. The van der Waals surface area contributed by atoms with Crippen molar-refractivity contribution in [1.29, 1.82) is 0 Å². The van der Waals surface area contributed by atoms with Crippen molar-refractivity contribution in [3.8, 4) is 0 Å². The Morgan fingerprint density at radius 3 is 2.80 bits per heavy atom. The molecule has 4 heterocycles. The first-order valence-electron chi connectivity index (χ1n) is 6.18. The van der Waals surface area contributed by atoms with E-state index in [2.05, 4.69) is 9.89 Å². The van der Waals surface area contributed by atoms with Gasteiger partial charge in [0.05, 0.1) is 12.6 Å². The highest BCUT2D eigenvalue weighted by molar-refractivity contribution is 5.91. The molecular formula is C12H19N3. The zero-order valence-corrected chi connectivity index (χ0v) is 9.23. The van der Waals surface area contributed by atoms with E-state index in [9.17, 15) is 0 Å². The molecule has 3 fully saturated rings. The van der Waals surface area contributed by atoms with Crippen molar-refractivity contribution in [1.82, 2.24) is 4.90 Å². The van der Waals surface area contributed by atoms with Gasteiger partial charge in [-0.25, -0.2) is 0 Å². The summed E-state index contributed by atoms with van der Waals surface area (Å²) in [5, 5.41) is 0. The van der Waals surface area contributed by atoms with Gasteiger partial charge in [-0.15, -0.1) is 0 Å². The summed E-state index contributed by atoms with van der Waals surface area (Å²) in [6, 6.07) is 0.593. The van der Waals surface area contributed by atoms with Gasteiger partial charge in [0.15, 0.2) is 0 Å². The predicted octanol–water partition coefficient (Wildman–Crippen LogP) is 1.39. The van der Waals surface area contributed by atoms with Crippen molar-refractivity contribution in [2.45, 2.75) is 31.7 Å². The molecule has 0 aromatic carbocycles. The Bertz CT molecular complexity index is 287. The summed E-state index contributed by atoms with van der Waals surface area (Å²) in [6.07, 6.45) is 7.01. The molecule has 4 aliphatic heterocycles. The van der Waals surface area contributed by atoms with Gasteiger partial charge in [-0.2, -0.15) is 0 Å². The van der Waals surface area contributed by atoms with Crippen molar-refractivity contribution in [2.75, 3.05) is 26.2 Å². The number of fused-ring (bicyclic) bond motifs is 3. The first-order chi connectivity index (χ1) is 7.42. The summed E-state index contributed by atoms with van der Waals surface area (Å²) in [5.41, 5.74) is 1.34. The Balaban J connectivity index is 1.69. The fraction of sp³-hybridized carbons (Fsp3) is 0.833. The second-order valence-electron chi connectivity index (χ2n) is 4.96. The van der Waals surface area contributed by atoms with Gasteiger partial charge in [-0.1, -0.05) is 0 Å². The quantitative estimate of drug-likeness (QED) is 0.635. The van der Waals surface area contributed by atoms with E-state index in [1.165, 1.54) is 38.2 Å². The minimum absolute atomic E-state index is 0.593. The van der Waals surface area contributed by atoms with Gasteiger partial charge in [0.2, 0.25) is 0 Å². The lowest BCUT2D eigenvalue weighted by molar-refractivity contribution is 0.0905. The summed E-state index contributed by atoms with van der Waals surface area (Å²) in [7, 11) is 0. The molecule has 0 amide bonds. The minimum atomic E-state index is 0.593. The Labute approximate surface area is 91.3 Å². The van der Waals surface area contributed by atoms with Crippen LogP contribution in [0, 0.1) is 5.92 Å². The number of nitrogens with zero attached hydrogens (tertiary/aromatic N) is 3. The van der Waals surface area contributed by atoms with E-state index in [1.54, 1.807) is 0 Å². The van der Waals surface area contributed by atoms with E-state index >= 15 is 0 Å². The fourth-order valence-electron chi connectivity index (χ4n) is 2.99. The number of hydrogen-bond acceptors (Lipinski definition) is 3. The van der Waals surface area contributed by atoms with Gasteiger partial charge < -0.3 is 4.90 Å². The lowest BCUT2D eigenvalue weighted by Gasteiger charge is -2.43. The predicted molar refractivity (Wildman–Crippen MR) is 63.0 cm³/mol. The number of aliphatic imine (C=N–C) groups is 2. The topological polar surface area (TPSA) is 28.0 Å². The van der Waals surface area contributed by atoms with Gasteiger partial charge >= 0.3 is 0 Å². The average Bonchev–Trinajstić information content (AvgIpc) is 2.32. The maximum Gasteiger partial charge on any atom is 0.0764 e. The van der Waals surface area contributed by atoms with E-state index in [4.69, 9.17) is 4.99 Å². The highest BCUT2D eigenvalue weighted by Gasteiger charge is 2.33. The van der Waals surface area contributed by atoms with Crippen molar-refractivity contribution in [3.05, 3.63) is 0 Å². The molecule has 3 heteroatoms. The molecule has 82 valence electrons. The molecule has 0 aromatic rings. The van der Waals surface area contributed by atoms with Gasteiger partial charge in [-0.05, 0) is 50.9 Å². The lowest BCUT2D eigenvalue weighted by Crippen LogP contribution is -2.50. The minimum Gasteiger partial charge on any atom is -0.301 e. The lowest BCUT2D eigenvalue weighted by atomic mass is 9.84. The van der Waals surface area contributed by atoms with Crippen LogP contribution in [0.5, 0.6) is 0 Å². The molecule has 1 unspecified atom stereocenters. The van der Waals surface area contributed by atoms with Crippen LogP contribution in [-0.2, 0) is 0 Å². The van der Waals surface area contributed by atoms with Crippen molar-refractivity contribution < 1.29 is 0 Å². The van der Waals surface area contributed by atoms with Crippen LogP contribution in [0.1, 0.15) is 25.7 Å². The summed E-state index contributed by atoms with van der Waals surface area (Å²) < 4.78 is 0. The maximum absolute atomic E-state index is 4.94. The largest absolute Gasteiger partial charge is 0.301 e. The number of piperidine rings is 3. The van der Waals surface area contributed by atoms with Crippen LogP contribution in [0.2, 0.25) is 0 Å². The van der Waals surface area contributed by atoms with Crippen LogP contribution in [0.4, 0.5) is 0 Å². The Morgan fingerprint density at radius 2 is 2.20 bits per heavy atom. The molecular weight excluding hydrogens is 186 g/mol. The Morgan fingerprint density at radius 1 is 1.33 bits per heavy atom. The molecule has 4 rings (SSSR count). The molecule has 0 radical (unpaired) electrons. The maximum atomic E-state index is 4.94. The molecule has 3 saturated heterocycles. The van der Waals surface area contributed by atoms with Gasteiger partial charge in [0.1, 0.15) is 0 Å². The molecule has 2 bridgehead atoms.